The van der Waals surface area contributed by atoms with Crippen LogP contribution in [0.5, 0.6) is 0 Å². The molecule has 0 aliphatic carbocycles. The third-order valence-electron chi connectivity index (χ3n) is 2.51. The maximum absolute atomic E-state index is 11.9. The Morgan fingerprint density at radius 1 is 1.53 bits per heavy atom. The van der Waals surface area contributed by atoms with Gasteiger partial charge in [-0.3, -0.25) is 9.78 Å². The normalized spacial score (nSPS) is 13.4. The average molecular weight is 287 g/mol. The van der Waals surface area contributed by atoms with Gasteiger partial charge in [-0.05, 0) is 19.1 Å². The van der Waals surface area contributed by atoms with Crippen molar-refractivity contribution in [3.8, 4) is 0 Å². The second-order valence-corrected chi connectivity index (χ2v) is 5.87. The van der Waals surface area contributed by atoms with Crippen LogP contribution in [0.1, 0.15) is 25.1 Å². The maximum Gasteiger partial charge on any atom is 0.304 e. The van der Waals surface area contributed by atoms with Gasteiger partial charge in [-0.2, -0.15) is 17.4 Å². The predicted octanol–water partition coefficient (Wildman–Crippen LogP) is 0.384. The highest BCUT2D eigenvalue weighted by Gasteiger charge is 2.21. The maximum atomic E-state index is 11.9. The lowest BCUT2D eigenvalue weighted by Gasteiger charge is -2.20. The first-order chi connectivity index (χ1) is 8.83. The Bertz CT molecular complexity index is 518. The summed E-state index contributed by atoms with van der Waals surface area (Å²) in [6.07, 6.45) is 1.34. The Balaban J connectivity index is 2.66. The van der Waals surface area contributed by atoms with Gasteiger partial charge >= 0.3 is 5.97 Å². The standard InChI is InChI=1S/C11H17N3O4S/c1-9(10-5-3-4-7-12-10)13-19(17,18)14(2)8-6-11(15)16/h3-5,7,9,13H,6,8H2,1-2H3,(H,15,16)/t9-/m0/s1. The van der Waals surface area contributed by atoms with E-state index in [0.717, 1.165) is 4.31 Å². The summed E-state index contributed by atoms with van der Waals surface area (Å²) in [7, 11) is -2.39. The molecule has 106 valence electrons. The summed E-state index contributed by atoms with van der Waals surface area (Å²) in [5.74, 6) is -1.04. The lowest BCUT2D eigenvalue weighted by atomic mass is 10.2. The van der Waals surface area contributed by atoms with Crippen LogP contribution >= 0.6 is 0 Å². The number of nitrogens with one attached hydrogen (secondary N) is 1. The Kier molecular flexibility index (Phi) is 5.40. The number of carboxylic acid groups (broad SMARTS) is 1. The molecule has 0 aliphatic rings. The van der Waals surface area contributed by atoms with Crippen LogP contribution in [-0.4, -0.2) is 42.4 Å². The quantitative estimate of drug-likeness (QED) is 0.755. The molecule has 0 saturated carbocycles. The zero-order chi connectivity index (χ0) is 14.5. The van der Waals surface area contributed by atoms with Crippen molar-refractivity contribution in [2.24, 2.45) is 0 Å². The molecule has 1 aromatic heterocycles. The van der Waals surface area contributed by atoms with Gasteiger partial charge in [0, 0.05) is 19.8 Å². The Labute approximate surface area is 112 Å². The first-order valence-electron chi connectivity index (χ1n) is 5.69. The van der Waals surface area contributed by atoms with Gasteiger partial charge in [-0.15, -0.1) is 0 Å². The second-order valence-electron chi connectivity index (χ2n) is 4.06. The third-order valence-corrected chi connectivity index (χ3v) is 4.16. The van der Waals surface area contributed by atoms with Crippen molar-refractivity contribution < 1.29 is 18.3 Å². The molecule has 0 radical (unpaired) electrons. The smallest absolute Gasteiger partial charge is 0.304 e. The van der Waals surface area contributed by atoms with Crippen LogP contribution in [0, 0.1) is 0 Å². The van der Waals surface area contributed by atoms with Crippen LogP contribution in [0.25, 0.3) is 0 Å². The van der Waals surface area contributed by atoms with Gasteiger partial charge in [0.2, 0.25) is 0 Å². The summed E-state index contributed by atoms with van der Waals surface area (Å²) in [5.41, 5.74) is 0.595. The molecule has 0 aromatic carbocycles. The van der Waals surface area contributed by atoms with Gasteiger partial charge in [-0.1, -0.05) is 6.07 Å². The van der Waals surface area contributed by atoms with Crippen LogP contribution in [0.2, 0.25) is 0 Å². The molecule has 0 amide bonds. The number of carbonyl (C=O) groups is 1. The average Bonchev–Trinajstić information content (AvgIpc) is 2.36. The molecule has 2 N–H and O–H groups in total. The number of hydrogen-bond acceptors (Lipinski definition) is 4. The van der Waals surface area contributed by atoms with Gasteiger partial charge in [0.25, 0.3) is 10.2 Å². The molecule has 0 saturated heterocycles. The van der Waals surface area contributed by atoms with E-state index in [1.165, 1.54) is 7.05 Å². The van der Waals surface area contributed by atoms with Crippen molar-refractivity contribution in [1.82, 2.24) is 14.0 Å². The van der Waals surface area contributed by atoms with Crippen LogP contribution in [-0.2, 0) is 15.0 Å². The number of pyridine rings is 1. The molecule has 0 spiro atoms. The van der Waals surface area contributed by atoms with Crippen molar-refractivity contribution in [3.63, 3.8) is 0 Å². The topological polar surface area (TPSA) is 99.6 Å². The van der Waals surface area contributed by atoms with Gasteiger partial charge in [-0.25, -0.2) is 0 Å². The highest BCUT2D eigenvalue weighted by Crippen LogP contribution is 2.10. The van der Waals surface area contributed by atoms with E-state index < -0.39 is 22.2 Å². The summed E-state index contributed by atoms with van der Waals surface area (Å²) in [6.45, 7) is 1.59. The van der Waals surface area contributed by atoms with Crippen molar-refractivity contribution in [1.29, 1.82) is 0 Å². The van der Waals surface area contributed by atoms with Gasteiger partial charge < -0.3 is 5.11 Å². The van der Waals surface area contributed by atoms with Gasteiger partial charge in [0.15, 0.2) is 0 Å². The molecule has 0 unspecified atom stereocenters. The van der Waals surface area contributed by atoms with E-state index in [1.807, 2.05) is 0 Å². The van der Waals surface area contributed by atoms with Crippen LogP contribution in [0.4, 0.5) is 0 Å². The highest BCUT2D eigenvalue weighted by atomic mass is 32.2. The molecular weight excluding hydrogens is 270 g/mol. The minimum atomic E-state index is -3.72. The van der Waals surface area contributed by atoms with Gasteiger partial charge in [0.05, 0.1) is 18.2 Å². The number of rotatable bonds is 7. The first-order valence-corrected chi connectivity index (χ1v) is 7.13. The Morgan fingerprint density at radius 3 is 2.74 bits per heavy atom. The van der Waals surface area contributed by atoms with E-state index in [0.29, 0.717) is 5.69 Å². The van der Waals surface area contributed by atoms with Crippen molar-refractivity contribution in [3.05, 3.63) is 30.1 Å². The van der Waals surface area contributed by atoms with E-state index in [1.54, 1.807) is 31.3 Å². The molecule has 1 heterocycles. The zero-order valence-electron chi connectivity index (χ0n) is 10.8. The Hall–Kier alpha value is -1.51. The number of aliphatic carboxylic acids is 1. The highest BCUT2D eigenvalue weighted by molar-refractivity contribution is 7.87. The monoisotopic (exact) mass is 287 g/mol. The third kappa shape index (κ3) is 4.93. The fourth-order valence-corrected chi connectivity index (χ4v) is 2.46. The summed E-state index contributed by atoms with van der Waals surface area (Å²) >= 11 is 0. The SMILES string of the molecule is C[C@H](NS(=O)(=O)N(C)CCC(=O)O)c1ccccn1. The lowest BCUT2D eigenvalue weighted by Crippen LogP contribution is -2.40. The first kappa shape index (κ1) is 15.5. The summed E-state index contributed by atoms with van der Waals surface area (Å²) in [5, 5.41) is 8.54. The summed E-state index contributed by atoms with van der Waals surface area (Å²) < 4.78 is 27.3. The van der Waals surface area contributed by atoms with Crippen molar-refractivity contribution >= 4 is 16.2 Å². The van der Waals surface area contributed by atoms with Crippen LogP contribution < -0.4 is 4.72 Å². The molecule has 1 atom stereocenters. The number of nitrogens with zero attached hydrogens (tertiary/aromatic N) is 2. The van der Waals surface area contributed by atoms with E-state index in [9.17, 15) is 13.2 Å². The molecule has 1 rings (SSSR count). The molecule has 1 aromatic rings. The second kappa shape index (κ2) is 6.60. The number of hydrogen-bond donors (Lipinski definition) is 2. The minimum absolute atomic E-state index is 0.0837. The largest absolute Gasteiger partial charge is 0.481 e. The lowest BCUT2D eigenvalue weighted by molar-refractivity contribution is -0.137. The fourth-order valence-electron chi connectivity index (χ4n) is 1.38. The van der Waals surface area contributed by atoms with Crippen LogP contribution in [0.15, 0.2) is 24.4 Å². The predicted molar refractivity (Wildman–Crippen MR) is 69.6 cm³/mol. The molecular formula is C11H17N3O4S. The molecule has 19 heavy (non-hydrogen) atoms. The Morgan fingerprint density at radius 2 is 2.21 bits per heavy atom. The minimum Gasteiger partial charge on any atom is -0.481 e. The van der Waals surface area contributed by atoms with Crippen LogP contribution in [0.3, 0.4) is 0 Å². The van der Waals surface area contributed by atoms with Gasteiger partial charge in [0.1, 0.15) is 0 Å². The summed E-state index contributed by atoms with van der Waals surface area (Å²) in [4.78, 5) is 14.5. The summed E-state index contributed by atoms with van der Waals surface area (Å²) in [6, 6.07) is 4.73. The van der Waals surface area contributed by atoms with E-state index in [-0.39, 0.29) is 13.0 Å². The van der Waals surface area contributed by atoms with E-state index >= 15 is 0 Å². The van der Waals surface area contributed by atoms with E-state index in [2.05, 4.69) is 9.71 Å². The van der Waals surface area contributed by atoms with Crippen molar-refractivity contribution in [2.75, 3.05) is 13.6 Å². The molecule has 7 nitrogen and oxygen atoms in total. The molecule has 0 fully saturated rings. The fraction of sp³-hybridized carbons (Fsp3) is 0.455. The zero-order valence-corrected chi connectivity index (χ0v) is 11.6. The molecule has 0 aliphatic heterocycles. The molecule has 0 bridgehead atoms. The van der Waals surface area contributed by atoms with Crippen molar-refractivity contribution in [2.45, 2.75) is 19.4 Å². The molecule has 8 heteroatoms. The van der Waals surface area contributed by atoms with E-state index in [4.69, 9.17) is 5.11 Å². The number of aromatic nitrogens is 1. The number of carboxylic acids is 1.